The first-order valence-electron chi connectivity index (χ1n) is 10.7. The van der Waals surface area contributed by atoms with E-state index in [1.54, 1.807) is 24.3 Å². The Kier molecular flexibility index (Phi) is 8.10. The second kappa shape index (κ2) is 10.3. The molecule has 2 aromatic carbocycles. The lowest BCUT2D eigenvalue weighted by molar-refractivity contribution is 0.103. The van der Waals surface area contributed by atoms with E-state index >= 15 is 0 Å². The molecule has 0 radical (unpaired) electrons. The Morgan fingerprint density at radius 1 is 0.607 bits per heavy atom. The van der Waals surface area contributed by atoms with E-state index in [0.717, 1.165) is 84.7 Å². The van der Waals surface area contributed by atoms with Crippen molar-refractivity contribution in [3.8, 4) is 11.5 Å². The van der Waals surface area contributed by atoms with Crippen molar-refractivity contribution in [2.24, 2.45) is 0 Å². The number of rotatable bonds is 10. The molecule has 0 aliphatic carbocycles. The molecule has 3 heteroatoms. The third-order valence-corrected chi connectivity index (χ3v) is 5.10. The molecule has 3 nitrogen and oxygen atoms in total. The van der Waals surface area contributed by atoms with Crippen molar-refractivity contribution >= 4 is 5.78 Å². The Hall–Kier alpha value is -2.29. The molecule has 28 heavy (non-hydrogen) atoms. The van der Waals surface area contributed by atoms with Gasteiger partial charge in [0.05, 0.1) is 0 Å². The van der Waals surface area contributed by atoms with Gasteiger partial charge in [0.2, 0.25) is 0 Å². The second-order valence-corrected chi connectivity index (χ2v) is 7.61. The highest BCUT2D eigenvalue weighted by Gasteiger charge is 2.24. The van der Waals surface area contributed by atoms with Gasteiger partial charge in [-0.25, -0.2) is 0 Å². The van der Waals surface area contributed by atoms with E-state index in [-0.39, 0.29) is 17.3 Å². The number of benzene rings is 2. The molecule has 2 rings (SSSR count). The molecule has 152 valence electrons. The third kappa shape index (κ3) is 4.95. The van der Waals surface area contributed by atoms with E-state index in [0.29, 0.717) is 0 Å². The highest BCUT2D eigenvalue weighted by atomic mass is 16.3. The number of carbonyl (C=O) groups is 1. The van der Waals surface area contributed by atoms with E-state index in [1.165, 1.54) is 0 Å². The average Bonchev–Trinajstić information content (AvgIpc) is 2.62. The fraction of sp³-hybridized carbons (Fsp3) is 0.480. The number of aromatic hydroxyl groups is 2. The predicted octanol–water partition coefficient (Wildman–Crippen LogP) is 6.14. The van der Waals surface area contributed by atoms with Crippen LogP contribution in [0, 0.1) is 0 Å². The summed E-state index contributed by atoms with van der Waals surface area (Å²) in [5.41, 5.74) is 5.20. The molecule has 0 aromatic heterocycles. The Labute approximate surface area is 169 Å². The summed E-state index contributed by atoms with van der Waals surface area (Å²) in [6.45, 7) is 8.35. The van der Waals surface area contributed by atoms with Crippen LogP contribution in [-0.2, 0) is 25.7 Å². The first kappa shape index (κ1) is 22.0. The minimum absolute atomic E-state index is 0.0406. The van der Waals surface area contributed by atoms with Gasteiger partial charge in [0, 0.05) is 11.1 Å². The fourth-order valence-electron chi connectivity index (χ4n) is 4.07. The molecular formula is C25H34O3. The zero-order chi connectivity index (χ0) is 20.7. The number of phenolic OH excluding ortho intramolecular Hbond substituents is 2. The Balaban J connectivity index is 2.74. The molecule has 0 atom stereocenters. The maximum atomic E-state index is 13.9. The Morgan fingerprint density at radius 2 is 0.857 bits per heavy atom. The van der Waals surface area contributed by atoms with E-state index in [9.17, 15) is 15.0 Å². The lowest BCUT2D eigenvalue weighted by Gasteiger charge is -2.19. The van der Waals surface area contributed by atoms with Gasteiger partial charge in [0.1, 0.15) is 11.5 Å². The normalized spacial score (nSPS) is 11.0. The summed E-state index contributed by atoms with van der Waals surface area (Å²) in [5, 5.41) is 20.4. The van der Waals surface area contributed by atoms with Gasteiger partial charge in [-0.2, -0.15) is 0 Å². The van der Waals surface area contributed by atoms with Crippen LogP contribution >= 0.6 is 0 Å². The molecule has 2 aromatic rings. The van der Waals surface area contributed by atoms with Crippen LogP contribution < -0.4 is 0 Å². The Morgan fingerprint density at radius 3 is 1.07 bits per heavy atom. The molecule has 0 amide bonds. The van der Waals surface area contributed by atoms with Crippen LogP contribution in [-0.4, -0.2) is 16.0 Å². The van der Waals surface area contributed by atoms with Gasteiger partial charge in [-0.3, -0.25) is 4.79 Å². The summed E-state index contributed by atoms with van der Waals surface area (Å²) in [4.78, 5) is 13.9. The van der Waals surface area contributed by atoms with Gasteiger partial charge in [-0.1, -0.05) is 53.4 Å². The number of aryl methyl sites for hydroxylation is 4. The van der Waals surface area contributed by atoms with Crippen LogP contribution in [0.25, 0.3) is 0 Å². The van der Waals surface area contributed by atoms with Crippen molar-refractivity contribution in [2.75, 3.05) is 0 Å². The molecule has 0 unspecified atom stereocenters. The highest BCUT2D eigenvalue weighted by molar-refractivity contribution is 6.13. The summed E-state index contributed by atoms with van der Waals surface area (Å²) < 4.78 is 0. The number of hydrogen-bond acceptors (Lipinski definition) is 3. The van der Waals surface area contributed by atoms with Crippen molar-refractivity contribution in [1.82, 2.24) is 0 Å². The smallest absolute Gasteiger partial charge is 0.194 e. The summed E-state index contributed by atoms with van der Waals surface area (Å²) in [5.74, 6) is 0.507. The summed E-state index contributed by atoms with van der Waals surface area (Å²) in [6, 6.07) is 6.98. The zero-order valence-corrected chi connectivity index (χ0v) is 17.8. The molecule has 0 aliphatic rings. The quantitative estimate of drug-likeness (QED) is 0.485. The van der Waals surface area contributed by atoms with Crippen LogP contribution in [0.1, 0.15) is 91.6 Å². The molecule has 2 N–H and O–H groups in total. The van der Waals surface area contributed by atoms with E-state index in [1.807, 2.05) is 0 Å². The molecule has 0 saturated heterocycles. The van der Waals surface area contributed by atoms with E-state index < -0.39 is 0 Å². The van der Waals surface area contributed by atoms with Crippen LogP contribution in [0.2, 0.25) is 0 Å². The van der Waals surface area contributed by atoms with Crippen LogP contribution in [0.4, 0.5) is 0 Å². The SMILES string of the molecule is CCCc1cc(O)cc(CCC)c1C(=O)c1c(CCC)cc(O)cc1CCC. The van der Waals surface area contributed by atoms with Crippen molar-refractivity contribution in [3.05, 3.63) is 57.6 Å². The molecule has 0 heterocycles. The molecular weight excluding hydrogens is 348 g/mol. The first-order valence-corrected chi connectivity index (χ1v) is 10.7. The number of hydrogen-bond donors (Lipinski definition) is 2. The van der Waals surface area contributed by atoms with Gasteiger partial charge in [-0.15, -0.1) is 0 Å². The van der Waals surface area contributed by atoms with Gasteiger partial charge < -0.3 is 10.2 Å². The summed E-state index contributed by atoms with van der Waals surface area (Å²) >= 11 is 0. The van der Waals surface area contributed by atoms with Gasteiger partial charge in [0.25, 0.3) is 0 Å². The predicted molar refractivity (Wildman–Crippen MR) is 116 cm³/mol. The van der Waals surface area contributed by atoms with Crippen molar-refractivity contribution in [3.63, 3.8) is 0 Å². The molecule has 0 fully saturated rings. The largest absolute Gasteiger partial charge is 0.508 e. The van der Waals surface area contributed by atoms with E-state index in [4.69, 9.17) is 0 Å². The third-order valence-electron chi connectivity index (χ3n) is 5.10. The minimum Gasteiger partial charge on any atom is -0.508 e. The summed E-state index contributed by atoms with van der Waals surface area (Å²) in [7, 11) is 0. The number of carbonyl (C=O) groups excluding carboxylic acids is 1. The van der Waals surface area contributed by atoms with Crippen LogP contribution in [0.3, 0.4) is 0 Å². The van der Waals surface area contributed by atoms with Crippen molar-refractivity contribution in [2.45, 2.75) is 79.1 Å². The fourth-order valence-corrected chi connectivity index (χ4v) is 4.07. The monoisotopic (exact) mass is 382 g/mol. The molecule has 0 aliphatic heterocycles. The molecule has 0 bridgehead atoms. The number of ketones is 1. The van der Waals surface area contributed by atoms with Gasteiger partial charge >= 0.3 is 0 Å². The summed E-state index contributed by atoms with van der Waals surface area (Å²) in [6.07, 6.45) is 6.69. The minimum atomic E-state index is 0.0406. The zero-order valence-electron chi connectivity index (χ0n) is 17.8. The lowest BCUT2D eigenvalue weighted by atomic mass is 9.84. The van der Waals surface area contributed by atoms with Crippen LogP contribution in [0.15, 0.2) is 24.3 Å². The molecule has 0 spiro atoms. The standard InChI is InChI=1S/C25H34O3/c1-5-9-17-13-21(26)14-18(10-6-2)23(17)25(28)24-19(11-7-3)15-22(27)16-20(24)12-8-4/h13-16,26-27H,5-12H2,1-4H3. The first-order chi connectivity index (χ1) is 13.5. The average molecular weight is 383 g/mol. The van der Waals surface area contributed by atoms with Gasteiger partial charge in [-0.05, 0) is 72.2 Å². The van der Waals surface area contributed by atoms with Crippen LogP contribution in [0.5, 0.6) is 11.5 Å². The highest BCUT2D eigenvalue weighted by Crippen LogP contribution is 2.32. The maximum absolute atomic E-state index is 13.9. The Bertz CT molecular complexity index is 699. The van der Waals surface area contributed by atoms with Crippen molar-refractivity contribution < 1.29 is 15.0 Å². The second-order valence-electron chi connectivity index (χ2n) is 7.61. The number of phenols is 2. The van der Waals surface area contributed by atoms with E-state index in [2.05, 4.69) is 27.7 Å². The lowest BCUT2D eigenvalue weighted by Crippen LogP contribution is -2.15. The molecule has 0 saturated carbocycles. The van der Waals surface area contributed by atoms with Crippen molar-refractivity contribution in [1.29, 1.82) is 0 Å². The maximum Gasteiger partial charge on any atom is 0.194 e. The topological polar surface area (TPSA) is 57.5 Å². The van der Waals surface area contributed by atoms with Gasteiger partial charge in [0.15, 0.2) is 5.78 Å².